The fourth-order valence-corrected chi connectivity index (χ4v) is 1.85. The molecule has 5 nitrogen and oxygen atoms in total. The Hall–Kier alpha value is -1.02. The Kier molecular flexibility index (Phi) is 6.93. The topological polar surface area (TPSA) is 73.6 Å². The first-order chi connectivity index (χ1) is 9.04. The first kappa shape index (κ1) is 16.0. The molecule has 7 heteroatoms. The molecule has 0 saturated carbocycles. The third-order valence-electron chi connectivity index (χ3n) is 2.19. The minimum Gasteiger partial charge on any atom is -0.389 e. The molecule has 3 N–H and O–H groups in total. The van der Waals surface area contributed by atoms with Crippen LogP contribution in [0.3, 0.4) is 0 Å². The molecule has 0 fully saturated rings. The Morgan fingerprint density at radius 3 is 2.84 bits per heavy atom. The maximum atomic E-state index is 11.7. The molecule has 0 spiro atoms. The Morgan fingerprint density at radius 2 is 2.21 bits per heavy atom. The van der Waals surface area contributed by atoms with Gasteiger partial charge in [-0.05, 0) is 18.2 Å². The molecule has 0 aliphatic carbocycles. The summed E-state index contributed by atoms with van der Waals surface area (Å²) in [4.78, 5) is 11.9. The van der Waals surface area contributed by atoms with E-state index in [1.54, 1.807) is 25.3 Å². The number of anilines is 1. The molecular weight excluding hydrogens is 332 g/mol. The van der Waals surface area contributed by atoms with Gasteiger partial charge < -0.3 is 20.5 Å². The minimum absolute atomic E-state index is 0.0454. The van der Waals surface area contributed by atoms with E-state index < -0.39 is 0 Å². The van der Waals surface area contributed by atoms with Gasteiger partial charge in [0.05, 0.1) is 18.9 Å². The zero-order chi connectivity index (χ0) is 14.3. The van der Waals surface area contributed by atoms with Gasteiger partial charge in [-0.2, -0.15) is 0 Å². The summed E-state index contributed by atoms with van der Waals surface area (Å²) in [6.45, 7) is 0.770. The van der Waals surface area contributed by atoms with Crippen LogP contribution >= 0.6 is 28.1 Å². The molecule has 0 aliphatic heterocycles. The van der Waals surface area contributed by atoms with Crippen molar-refractivity contribution in [3.63, 3.8) is 0 Å². The van der Waals surface area contributed by atoms with Crippen molar-refractivity contribution in [2.75, 3.05) is 32.2 Å². The van der Waals surface area contributed by atoms with Gasteiger partial charge in [-0.1, -0.05) is 28.1 Å². The zero-order valence-electron chi connectivity index (χ0n) is 10.4. The number of carbonyl (C=O) groups excluding carboxylic acids is 1. The predicted molar refractivity (Wildman–Crippen MR) is 81.4 cm³/mol. The van der Waals surface area contributed by atoms with E-state index in [0.29, 0.717) is 24.5 Å². The maximum Gasteiger partial charge on any atom is 0.250 e. The molecule has 0 radical (unpaired) electrons. The molecule has 0 unspecified atom stereocenters. The molecule has 1 aromatic carbocycles. The minimum atomic E-state index is -0.268. The van der Waals surface area contributed by atoms with Crippen LogP contribution in [0.1, 0.15) is 5.56 Å². The smallest absolute Gasteiger partial charge is 0.250 e. The first-order valence-electron chi connectivity index (χ1n) is 5.50. The summed E-state index contributed by atoms with van der Waals surface area (Å²) >= 11 is 8.27. The number of carbonyl (C=O) groups is 1. The van der Waals surface area contributed by atoms with Crippen molar-refractivity contribution >= 4 is 44.7 Å². The van der Waals surface area contributed by atoms with Crippen molar-refractivity contribution in [3.05, 3.63) is 28.2 Å². The quantitative estimate of drug-likeness (QED) is 0.580. The van der Waals surface area contributed by atoms with E-state index in [4.69, 9.17) is 27.4 Å². The van der Waals surface area contributed by atoms with Crippen LogP contribution in [-0.2, 0) is 14.3 Å². The molecular formula is C12H15BrN2O3S. The molecule has 0 aliphatic rings. The third kappa shape index (κ3) is 5.65. The van der Waals surface area contributed by atoms with Crippen molar-refractivity contribution in [1.82, 2.24) is 0 Å². The van der Waals surface area contributed by atoms with E-state index in [0.717, 1.165) is 4.47 Å². The monoisotopic (exact) mass is 346 g/mol. The average Bonchev–Trinajstić information content (AvgIpc) is 2.36. The van der Waals surface area contributed by atoms with Crippen molar-refractivity contribution in [2.24, 2.45) is 5.73 Å². The molecule has 0 aromatic heterocycles. The first-order valence-corrected chi connectivity index (χ1v) is 6.70. The molecule has 104 valence electrons. The molecule has 1 rings (SSSR count). The van der Waals surface area contributed by atoms with E-state index in [-0.39, 0.29) is 17.5 Å². The highest BCUT2D eigenvalue weighted by Crippen LogP contribution is 2.21. The van der Waals surface area contributed by atoms with Gasteiger partial charge in [-0.3, -0.25) is 4.79 Å². The lowest BCUT2D eigenvalue weighted by Crippen LogP contribution is -2.22. The molecule has 0 atom stereocenters. The average molecular weight is 347 g/mol. The number of amides is 1. The van der Waals surface area contributed by atoms with E-state index in [1.807, 2.05) is 0 Å². The number of hydrogen-bond acceptors (Lipinski definition) is 4. The zero-order valence-corrected chi connectivity index (χ0v) is 12.8. The van der Waals surface area contributed by atoms with Crippen LogP contribution in [0, 0.1) is 0 Å². The van der Waals surface area contributed by atoms with E-state index in [1.165, 1.54) is 0 Å². The lowest BCUT2D eigenvalue weighted by Gasteiger charge is -2.11. The summed E-state index contributed by atoms with van der Waals surface area (Å²) in [5.74, 6) is -0.268. The van der Waals surface area contributed by atoms with Gasteiger partial charge in [0, 0.05) is 17.1 Å². The number of halogens is 1. The molecule has 19 heavy (non-hydrogen) atoms. The summed E-state index contributed by atoms with van der Waals surface area (Å²) in [7, 11) is 1.57. The highest BCUT2D eigenvalue weighted by Gasteiger charge is 2.09. The Labute approximate surface area is 125 Å². The SMILES string of the molecule is COCCOCC(=O)Nc1ccc(Br)cc1C(N)=S. The highest BCUT2D eigenvalue weighted by molar-refractivity contribution is 9.10. The van der Waals surface area contributed by atoms with Crippen molar-refractivity contribution in [2.45, 2.75) is 0 Å². The number of thiocarbonyl (C=S) groups is 1. The summed E-state index contributed by atoms with van der Waals surface area (Å²) in [6.07, 6.45) is 0. The summed E-state index contributed by atoms with van der Waals surface area (Å²) < 4.78 is 10.8. The fraction of sp³-hybridized carbons (Fsp3) is 0.333. The number of nitrogens with one attached hydrogen (secondary N) is 1. The molecule has 1 aromatic rings. The second-order valence-corrected chi connectivity index (χ2v) is 5.00. The Bertz CT molecular complexity index is 468. The van der Waals surface area contributed by atoms with E-state index in [9.17, 15) is 4.79 Å². The van der Waals surface area contributed by atoms with Gasteiger partial charge in [0.1, 0.15) is 11.6 Å². The number of benzene rings is 1. The predicted octanol–water partition coefficient (Wildman–Crippen LogP) is 1.68. The number of ether oxygens (including phenoxy) is 2. The van der Waals surface area contributed by atoms with Crippen molar-refractivity contribution < 1.29 is 14.3 Å². The number of methoxy groups -OCH3 is 1. The lowest BCUT2D eigenvalue weighted by atomic mass is 10.2. The van der Waals surface area contributed by atoms with Crippen LogP contribution in [-0.4, -0.2) is 37.8 Å². The largest absolute Gasteiger partial charge is 0.389 e. The summed E-state index contributed by atoms with van der Waals surface area (Å²) in [6, 6.07) is 5.28. The van der Waals surface area contributed by atoms with Gasteiger partial charge in [-0.25, -0.2) is 0 Å². The number of rotatable bonds is 7. The second kappa shape index (κ2) is 8.21. The van der Waals surface area contributed by atoms with Crippen molar-refractivity contribution in [1.29, 1.82) is 0 Å². The van der Waals surface area contributed by atoms with Gasteiger partial charge >= 0.3 is 0 Å². The summed E-state index contributed by atoms with van der Waals surface area (Å²) in [5, 5.41) is 2.70. The standard InChI is InChI=1S/C12H15BrN2O3S/c1-17-4-5-18-7-11(16)15-10-3-2-8(13)6-9(10)12(14)19/h2-3,6H,4-5,7H2,1H3,(H2,14,19)(H,15,16). The van der Waals surface area contributed by atoms with Gasteiger partial charge in [0.25, 0.3) is 0 Å². The van der Waals surface area contributed by atoms with Crippen LogP contribution < -0.4 is 11.1 Å². The number of hydrogen-bond donors (Lipinski definition) is 2. The van der Waals surface area contributed by atoms with Crippen LogP contribution in [0.4, 0.5) is 5.69 Å². The number of nitrogens with two attached hydrogens (primary N) is 1. The third-order valence-corrected chi connectivity index (χ3v) is 2.90. The maximum absolute atomic E-state index is 11.7. The van der Waals surface area contributed by atoms with Crippen molar-refractivity contribution in [3.8, 4) is 0 Å². The van der Waals surface area contributed by atoms with Crippen LogP contribution in [0.15, 0.2) is 22.7 Å². The van der Waals surface area contributed by atoms with E-state index in [2.05, 4.69) is 21.2 Å². The van der Waals surface area contributed by atoms with Gasteiger partial charge in [-0.15, -0.1) is 0 Å². The summed E-state index contributed by atoms with van der Waals surface area (Å²) in [5.41, 5.74) is 6.78. The van der Waals surface area contributed by atoms with Crippen LogP contribution in [0.2, 0.25) is 0 Å². The lowest BCUT2D eigenvalue weighted by molar-refractivity contribution is -0.121. The molecule has 0 bridgehead atoms. The Morgan fingerprint density at radius 1 is 1.47 bits per heavy atom. The normalized spacial score (nSPS) is 10.2. The van der Waals surface area contributed by atoms with Crippen LogP contribution in [0.25, 0.3) is 0 Å². The fourth-order valence-electron chi connectivity index (χ4n) is 1.32. The van der Waals surface area contributed by atoms with Crippen LogP contribution in [0.5, 0.6) is 0 Å². The second-order valence-electron chi connectivity index (χ2n) is 3.65. The molecule has 1 amide bonds. The van der Waals surface area contributed by atoms with Gasteiger partial charge in [0.15, 0.2) is 0 Å². The van der Waals surface area contributed by atoms with E-state index >= 15 is 0 Å². The molecule has 0 heterocycles. The Balaban J connectivity index is 2.61. The molecule has 0 saturated heterocycles. The highest BCUT2D eigenvalue weighted by atomic mass is 79.9. The van der Waals surface area contributed by atoms with Gasteiger partial charge in [0.2, 0.25) is 5.91 Å².